The molecule has 21 heavy (non-hydrogen) atoms. The molecule has 5 nitrogen and oxygen atoms in total. The molecule has 2 aliphatic rings. The van der Waals surface area contributed by atoms with Crippen LogP contribution < -0.4 is 16.2 Å². The van der Waals surface area contributed by atoms with Gasteiger partial charge in [0.25, 0.3) is 0 Å². The molecule has 2 fully saturated rings. The zero-order valence-electron chi connectivity index (χ0n) is 13.2. The van der Waals surface area contributed by atoms with Crippen molar-refractivity contribution in [3.05, 3.63) is 11.4 Å². The largest absolute Gasteiger partial charge is 0.353 e. The molecular weight excluding hydrogens is 262 g/mol. The SMILES string of the molecule is CCc1nc(NN)c(C)c(N2CCCC2C2CCCC2)n1. The van der Waals surface area contributed by atoms with E-state index in [1.165, 1.54) is 38.5 Å². The van der Waals surface area contributed by atoms with Crippen molar-refractivity contribution in [1.82, 2.24) is 9.97 Å². The lowest BCUT2D eigenvalue weighted by Crippen LogP contribution is -2.36. The van der Waals surface area contributed by atoms with Crippen LogP contribution in [0.3, 0.4) is 0 Å². The Morgan fingerprint density at radius 3 is 2.62 bits per heavy atom. The number of nitrogens with zero attached hydrogens (tertiary/aromatic N) is 3. The van der Waals surface area contributed by atoms with Crippen molar-refractivity contribution in [1.29, 1.82) is 0 Å². The van der Waals surface area contributed by atoms with Gasteiger partial charge in [-0.2, -0.15) is 0 Å². The van der Waals surface area contributed by atoms with Crippen LogP contribution in [0.4, 0.5) is 11.6 Å². The summed E-state index contributed by atoms with van der Waals surface area (Å²) in [5.74, 6) is 9.24. The number of hydrazine groups is 1. The van der Waals surface area contributed by atoms with Gasteiger partial charge in [0, 0.05) is 24.6 Å². The molecule has 0 spiro atoms. The lowest BCUT2D eigenvalue weighted by Gasteiger charge is -2.32. The number of nitrogens with two attached hydrogens (primary N) is 1. The standard InChI is InChI=1S/C16H27N5/c1-3-14-18-15(20-17)11(2)16(19-14)21-10-6-9-13(21)12-7-4-5-8-12/h12-13H,3-10,17H2,1-2H3,(H,18,19,20). The van der Waals surface area contributed by atoms with E-state index >= 15 is 0 Å². The second-order valence-corrected chi connectivity index (χ2v) is 6.38. The zero-order chi connectivity index (χ0) is 14.8. The minimum Gasteiger partial charge on any atom is -0.353 e. The second-order valence-electron chi connectivity index (χ2n) is 6.38. The molecule has 5 heteroatoms. The Kier molecular flexibility index (Phi) is 4.29. The highest BCUT2D eigenvalue weighted by Crippen LogP contribution is 2.38. The molecule has 1 aromatic heterocycles. The van der Waals surface area contributed by atoms with Crippen LogP contribution in [0.25, 0.3) is 0 Å². The first-order valence-corrected chi connectivity index (χ1v) is 8.35. The van der Waals surface area contributed by atoms with Crippen molar-refractivity contribution in [2.45, 2.75) is 64.8 Å². The van der Waals surface area contributed by atoms with Crippen molar-refractivity contribution in [2.24, 2.45) is 11.8 Å². The normalized spacial score (nSPS) is 23.0. The van der Waals surface area contributed by atoms with Crippen molar-refractivity contribution in [2.75, 3.05) is 16.9 Å². The van der Waals surface area contributed by atoms with E-state index in [2.05, 4.69) is 29.2 Å². The van der Waals surface area contributed by atoms with Gasteiger partial charge >= 0.3 is 0 Å². The van der Waals surface area contributed by atoms with Crippen molar-refractivity contribution < 1.29 is 0 Å². The first-order chi connectivity index (χ1) is 10.2. The van der Waals surface area contributed by atoms with Gasteiger partial charge in [-0.25, -0.2) is 15.8 Å². The van der Waals surface area contributed by atoms with Crippen LogP contribution in [0.1, 0.15) is 56.8 Å². The number of rotatable bonds is 4. The summed E-state index contributed by atoms with van der Waals surface area (Å²) in [6, 6.07) is 0.663. The van der Waals surface area contributed by atoms with Crippen molar-refractivity contribution >= 4 is 11.6 Å². The first-order valence-electron chi connectivity index (χ1n) is 8.35. The number of anilines is 2. The Labute approximate surface area is 127 Å². The van der Waals surface area contributed by atoms with E-state index in [1.807, 2.05) is 0 Å². The van der Waals surface area contributed by atoms with Gasteiger partial charge in [-0.05, 0) is 38.5 Å². The molecule has 1 saturated heterocycles. The van der Waals surface area contributed by atoms with Crippen LogP contribution >= 0.6 is 0 Å². The summed E-state index contributed by atoms with van der Waals surface area (Å²) < 4.78 is 0. The maximum absolute atomic E-state index is 5.64. The minimum absolute atomic E-state index is 0.663. The third-order valence-electron chi connectivity index (χ3n) is 5.13. The number of nitrogens with one attached hydrogen (secondary N) is 1. The van der Waals surface area contributed by atoms with Crippen molar-refractivity contribution in [3.63, 3.8) is 0 Å². The Bertz CT molecular complexity index is 496. The Morgan fingerprint density at radius 2 is 1.95 bits per heavy atom. The van der Waals surface area contributed by atoms with E-state index in [0.29, 0.717) is 6.04 Å². The molecule has 1 aromatic rings. The minimum atomic E-state index is 0.663. The number of aryl methyl sites for hydroxylation is 1. The molecule has 1 aliphatic carbocycles. The predicted octanol–water partition coefficient (Wildman–Crippen LogP) is 2.79. The second kappa shape index (κ2) is 6.18. The van der Waals surface area contributed by atoms with E-state index in [1.54, 1.807) is 0 Å². The fraction of sp³-hybridized carbons (Fsp3) is 0.750. The Balaban J connectivity index is 1.94. The molecular formula is C16H27N5. The molecule has 0 aromatic carbocycles. The molecule has 3 N–H and O–H groups in total. The number of hydrogen-bond donors (Lipinski definition) is 2. The highest BCUT2D eigenvalue weighted by atomic mass is 15.3. The molecule has 116 valence electrons. The number of aromatic nitrogens is 2. The molecule has 1 saturated carbocycles. The number of hydrogen-bond acceptors (Lipinski definition) is 5. The fourth-order valence-electron chi connectivity index (χ4n) is 4.02. The fourth-order valence-corrected chi connectivity index (χ4v) is 4.02. The Morgan fingerprint density at radius 1 is 1.19 bits per heavy atom. The maximum atomic E-state index is 5.64. The molecule has 0 radical (unpaired) electrons. The predicted molar refractivity (Wildman–Crippen MR) is 86.3 cm³/mol. The molecule has 1 aliphatic heterocycles. The van der Waals surface area contributed by atoms with Gasteiger partial charge in [-0.1, -0.05) is 19.8 Å². The van der Waals surface area contributed by atoms with E-state index in [9.17, 15) is 0 Å². The van der Waals surface area contributed by atoms with Crippen molar-refractivity contribution in [3.8, 4) is 0 Å². The van der Waals surface area contributed by atoms with Crippen LogP contribution in [0.15, 0.2) is 0 Å². The monoisotopic (exact) mass is 289 g/mol. The van der Waals surface area contributed by atoms with Gasteiger partial charge in [0.1, 0.15) is 17.5 Å². The quantitative estimate of drug-likeness (QED) is 0.659. The summed E-state index contributed by atoms with van der Waals surface area (Å²) in [4.78, 5) is 11.8. The third kappa shape index (κ3) is 2.71. The van der Waals surface area contributed by atoms with Gasteiger partial charge in [-0.3, -0.25) is 0 Å². The van der Waals surface area contributed by atoms with E-state index < -0.39 is 0 Å². The Hall–Kier alpha value is -1.36. The highest BCUT2D eigenvalue weighted by Gasteiger charge is 2.35. The summed E-state index contributed by atoms with van der Waals surface area (Å²) in [5.41, 5.74) is 3.82. The van der Waals surface area contributed by atoms with E-state index in [0.717, 1.165) is 41.9 Å². The van der Waals surface area contributed by atoms with Gasteiger partial charge < -0.3 is 10.3 Å². The summed E-state index contributed by atoms with van der Waals surface area (Å²) in [6.45, 7) is 5.29. The van der Waals surface area contributed by atoms with Crippen LogP contribution in [0, 0.1) is 12.8 Å². The average Bonchev–Trinajstić information content (AvgIpc) is 3.18. The topological polar surface area (TPSA) is 67.1 Å². The van der Waals surface area contributed by atoms with Crippen LogP contribution in [0.5, 0.6) is 0 Å². The molecule has 0 bridgehead atoms. The smallest absolute Gasteiger partial charge is 0.148 e. The lowest BCUT2D eigenvalue weighted by atomic mass is 9.96. The molecule has 1 unspecified atom stereocenters. The van der Waals surface area contributed by atoms with Gasteiger partial charge in [0.05, 0.1) is 0 Å². The molecule has 3 rings (SSSR count). The average molecular weight is 289 g/mol. The van der Waals surface area contributed by atoms with Gasteiger partial charge in [0.2, 0.25) is 0 Å². The molecule has 2 heterocycles. The number of nitrogen functional groups attached to an aromatic ring is 1. The highest BCUT2D eigenvalue weighted by molar-refractivity contribution is 5.59. The molecule has 1 atom stereocenters. The summed E-state index contributed by atoms with van der Waals surface area (Å²) >= 11 is 0. The zero-order valence-corrected chi connectivity index (χ0v) is 13.2. The van der Waals surface area contributed by atoms with E-state index in [4.69, 9.17) is 10.8 Å². The lowest BCUT2D eigenvalue weighted by molar-refractivity contribution is 0.428. The molecule has 0 amide bonds. The van der Waals surface area contributed by atoms with Crippen LogP contribution in [-0.2, 0) is 6.42 Å². The van der Waals surface area contributed by atoms with Gasteiger partial charge in [0.15, 0.2) is 0 Å². The summed E-state index contributed by atoms with van der Waals surface area (Å²) in [5, 5.41) is 0. The van der Waals surface area contributed by atoms with Crippen LogP contribution in [0.2, 0.25) is 0 Å². The summed E-state index contributed by atoms with van der Waals surface area (Å²) in [6.07, 6.45) is 8.98. The van der Waals surface area contributed by atoms with Crippen LogP contribution in [-0.4, -0.2) is 22.6 Å². The van der Waals surface area contributed by atoms with E-state index in [-0.39, 0.29) is 0 Å². The van der Waals surface area contributed by atoms with Gasteiger partial charge in [-0.15, -0.1) is 0 Å². The first kappa shape index (κ1) is 14.6. The third-order valence-corrected chi connectivity index (χ3v) is 5.13. The summed E-state index contributed by atoms with van der Waals surface area (Å²) in [7, 11) is 0. The maximum Gasteiger partial charge on any atom is 0.148 e.